The molecule has 3 aliphatic rings. The van der Waals surface area contributed by atoms with Gasteiger partial charge in [-0.05, 0) is 59.2 Å². The molecule has 0 radical (unpaired) electrons. The van der Waals surface area contributed by atoms with E-state index in [4.69, 9.17) is 10.5 Å². The van der Waals surface area contributed by atoms with Crippen molar-refractivity contribution in [3.63, 3.8) is 0 Å². The van der Waals surface area contributed by atoms with Gasteiger partial charge in [0, 0.05) is 29.6 Å². The van der Waals surface area contributed by atoms with Crippen molar-refractivity contribution in [2.24, 2.45) is 16.9 Å². The summed E-state index contributed by atoms with van der Waals surface area (Å²) in [6.07, 6.45) is 4.97. The number of allylic oxidation sites excluding steroid dienone is 1. The predicted molar refractivity (Wildman–Crippen MR) is 132 cm³/mol. The van der Waals surface area contributed by atoms with Crippen molar-refractivity contribution < 1.29 is 15.0 Å². The van der Waals surface area contributed by atoms with Crippen molar-refractivity contribution in [2.75, 3.05) is 0 Å². The molecule has 0 bridgehead atoms. The average molecular weight is 524 g/mol. The molecule has 3 heterocycles. The maximum Gasteiger partial charge on any atom is 0.332 e. The number of carboxylic acid groups (broad SMARTS) is 1. The van der Waals surface area contributed by atoms with Gasteiger partial charge in [-0.1, -0.05) is 36.4 Å². The number of nitrogens with one attached hydrogen (secondary N) is 2. The number of hydrogen-bond acceptors (Lipinski definition) is 6. The van der Waals surface area contributed by atoms with Gasteiger partial charge in [0.1, 0.15) is 6.17 Å². The van der Waals surface area contributed by atoms with Crippen LogP contribution in [0.15, 0.2) is 63.9 Å². The van der Waals surface area contributed by atoms with Crippen LogP contribution in [0.3, 0.4) is 0 Å². The molecule has 5 rings (SSSR count). The summed E-state index contributed by atoms with van der Waals surface area (Å²) in [6.45, 7) is 0. The molecule has 8 nitrogen and oxygen atoms in total. The van der Waals surface area contributed by atoms with E-state index in [0.717, 1.165) is 35.4 Å². The second-order valence-electron chi connectivity index (χ2n) is 9.04. The summed E-state index contributed by atoms with van der Waals surface area (Å²) >= 11 is 3.59. The second-order valence-corrected chi connectivity index (χ2v) is 9.83. The van der Waals surface area contributed by atoms with Gasteiger partial charge in [0.15, 0.2) is 11.9 Å². The third kappa shape index (κ3) is 4.14. The number of rotatable bonds is 5. The number of hydrazone groups is 1. The van der Waals surface area contributed by atoms with Crippen molar-refractivity contribution in [3.05, 3.63) is 64.4 Å². The minimum atomic E-state index is -1.31. The Labute approximate surface area is 206 Å². The Morgan fingerprint density at radius 3 is 2.53 bits per heavy atom. The lowest BCUT2D eigenvalue weighted by Crippen LogP contribution is -2.51. The highest BCUT2D eigenvalue weighted by molar-refractivity contribution is 9.12. The molecular weight excluding hydrogens is 498 g/mol. The molecule has 1 aromatic heterocycles. The number of benzene rings is 1. The first kappa shape index (κ1) is 22.7. The topological polar surface area (TPSA) is 122 Å². The third-order valence-corrected chi connectivity index (χ3v) is 7.86. The Balaban J connectivity index is 1.32. The van der Waals surface area contributed by atoms with Crippen LogP contribution in [0.2, 0.25) is 0 Å². The zero-order valence-electron chi connectivity index (χ0n) is 18.4. The number of carboxylic acids is 1. The Kier molecular flexibility index (Phi) is 6.22. The molecule has 1 fully saturated rings. The van der Waals surface area contributed by atoms with Crippen LogP contribution in [0.5, 0.6) is 0 Å². The van der Waals surface area contributed by atoms with Crippen molar-refractivity contribution in [3.8, 4) is 11.3 Å². The molecule has 0 amide bonds. The molecule has 9 heteroatoms. The van der Waals surface area contributed by atoms with Crippen LogP contribution < -0.4 is 5.32 Å². The molecule has 0 saturated heterocycles. The maximum absolute atomic E-state index is 11.1. The first-order valence-electron chi connectivity index (χ1n) is 11.4. The number of halogens is 1. The van der Waals surface area contributed by atoms with Gasteiger partial charge in [0.05, 0.1) is 16.1 Å². The Bertz CT molecular complexity index is 1140. The zero-order valence-corrected chi connectivity index (χ0v) is 20.0. The number of hydrogen-bond donors (Lipinski definition) is 4. The fourth-order valence-electron chi connectivity index (χ4n) is 5.12. The lowest BCUT2D eigenvalue weighted by molar-refractivity contribution is -0.150. The van der Waals surface area contributed by atoms with Gasteiger partial charge in [0.25, 0.3) is 0 Å². The molecule has 3 unspecified atom stereocenters. The summed E-state index contributed by atoms with van der Waals surface area (Å²) in [7, 11) is 0. The fourth-order valence-corrected chi connectivity index (χ4v) is 5.74. The summed E-state index contributed by atoms with van der Waals surface area (Å²) in [5, 5.41) is 37.5. The smallest absolute Gasteiger partial charge is 0.332 e. The van der Waals surface area contributed by atoms with Crippen molar-refractivity contribution in [2.45, 2.75) is 43.9 Å². The Hall–Kier alpha value is -3.04. The quantitative estimate of drug-likeness (QED) is 0.471. The molecular formula is C25H26BrN5O3. The van der Waals surface area contributed by atoms with E-state index in [1.165, 1.54) is 0 Å². The standard InChI is InChI=1S/C25H26BrN5O3/c26-20-21(15-6-8-16(9-7-15)22(32)25(33)34)30-24-18(13-29-31(24)23(20)27)17-10-11-19(28-12-17)14-4-2-1-3-5-14/h1-5,10-13,15-16,18,22,24,27,30,32H,6-9H2,(H,33,34). The zero-order chi connectivity index (χ0) is 23.8. The van der Waals surface area contributed by atoms with E-state index in [0.29, 0.717) is 23.2 Å². The third-order valence-electron chi connectivity index (χ3n) is 7.05. The summed E-state index contributed by atoms with van der Waals surface area (Å²) < 4.78 is 0.682. The molecule has 176 valence electrons. The van der Waals surface area contributed by atoms with Gasteiger partial charge < -0.3 is 15.5 Å². The van der Waals surface area contributed by atoms with E-state index in [2.05, 4.69) is 37.4 Å². The highest BCUT2D eigenvalue weighted by atomic mass is 79.9. The first-order chi connectivity index (χ1) is 16.4. The minimum absolute atomic E-state index is 0.0709. The normalized spacial score (nSPS) is 27.4. The Morgan fingerprint density at radius 1 is 1.15 bits per heavy atom. The van der Waals surface area contributed by atoms with Gasteiger partial charge in [-0.25, -0.2) is 9.80 Å². The number of carbonyl (C=O) groups is 1. The van der Waals surface area contributed by atoms with Crippen molar-refractivity contribution in [1.82, 2.24) is 15.3 Å². The first-order valence-corrected chi connectivity index (χ1v) is 12.2. The number of aromatic nitrogens is 1. The second kappa shape index (κ2) is 9.31. The number of aliphatic carboxylic acids is 1. The molecule has 3 atom stereocenters. The molecule has 34 heavy (non-hydrogen) atoms. The molecule has 2 aromatic rings. The predicted octanol–water partition coefficient (Wildman–Crippen LogP) is 3.90. The van der Waals surface area contributed by atoms with Crippen molar-refractivity contribution >= 4 is 33.9 Å². The molecule has 2 aliphatic heterocycles. The van der Waals surface area contributed by atoms with Gasteiger partial charge in [-0.15, -0.1) is 0 Å². The highest BCUT2D eigenvalue weighted by Gasteiger charge is 2.42. The summed E-state index contributed by atoms with van der Waals surface area (Å²) in [5.41, 5.74) is 3.94. The number of fused-ring (bicyclic) bond motifs is 1. The molecule has 4 N–H and O–H groups in total. The van der Waals surface area contributed by atoms with E-state index >= 15 is 0 Å². The molecule has 1 saturated carbocycles. The van der Waals surface area contributed by atoms with E-state index in [9.17, 15) is 9.90 Å². The van der Waals surface area contributed by atoms with Gasteiger partial charge in [-0.3, -0.25) is 10.4 Å². The number of aliphatic hydroxyl groups is 1. The van der Waals surface area contributed by atoms with Crippen LogP contribution in [-0.2, 0) is 4.79 Å². The van der Waals surface area contributed by atoms with E-state index in [1.54, 1.807) is 5.01 Å². The highest BCUT2D eigenvalue weighted by Crippen LogP contribution is 2.40. The summed E-state index contributed by atoms with van der Waals surface area (Å²) in [6, 6.07) is 14.1. The van der Waals surface area contributed by atoms with E-state index in [1.807, 2.05) is 48.8 Å². The van der Waals surface area contributed by atoms with Gasteiger partial charge in [0.2, 0.25) is 0 Å². The largest absolute Gasteiger partial charge is 0.479 e. The van der Waals surface area contributed by atoms with Crippen LogP contribution in [0, 0.1) is 17.2 Å². The monoisotopic (exact) mass is 523 g/mol. The van der Waals surface area contributed by atoms with Crippen LogP contribution in [-0.4, -0.2) is 50.5 Å². The van der Waals surface area contributed by atoms with Gasteiger partial charge in [-0.2, -0.15) is 5.10 Å². The number of aliphatic hydroxyl groups excluding tert-OH is 1. The van der Waals surface area contributed by atoms with Crippen molar-refractivity contribution in [1.29, 1.82) is 5.41 Å². The summed E-state index contributed by atoms with van der Waals surface area (Å²) in [5.74, 6) is -0.995. The lowest BCUT2D eigenvalue weighted by atomic mass is 9.77. The van der Waals surface area contributed by atoms with E-state index < -0.39 is 12.1 Å². The summed E-state index contributed by atoms with van der Waals surface area (Å²) in [4.78, 5) is 15.8. The number of amidine groups is 1. The lowest BCUT2D eigenvalue weighted by Gasteiger charge is -2.40. The Morgan fingerprint density at radius 2 is 1.88 bits per heavy atom. The SMILES string of the molecule is N=C1C(Br)=C(C2CCC(C(O)C(=O)O)CC2)NC2C(c3ccc(-c4ccccc4)nc3)C=NN12. The number of pyridine rings is 1. The average Bonchev–Trinajstić information content (AvgIpc) is 3.30. The fraction of sp³-hybridized carbons (Fsp3) is 0.360. The molecule has 0 spiro atoms. The van der Waals surface area contributed by atoms with Crippen LogP contribution in [0.4, 0.5) is 0 Å². The molecule has 1 aliphatic carbocycles. The maximum atomic E-state index is 11.1. The van der Waals surface area contributed by atoms with E-state index in [-0.39, 0.29) is 23.9 Å². The van der Waals surface area contributed by atoms with Gasteiger partial charge >= 0.3 is 5.97 Å². The van der Waals surface area contributed by atoms with Crippen LogP contribution >= 0.6 is 15.9 Å². The van der Waals surface area contributed by atoms with Crippen LogP contribution in [0.1, 0.15) is 37.2 Å². The molecule has 1 aromatic carbocycles. The number of nitrogens with zero attached hydrogens (tertiary/aromatic N) is 3. The minimum Gasteiger partial charge on any atom is -0.479 e. The van der Waals surface area contributed by atoms with Crippen LogP contribution in [0.25, 0.3) is 11.3 Å².